The quantitative estimate of drug-likeness (QED) is 0.583. The third-order valence-corrected chi connectivity index (χ3v) is 1.95. The van der Waals surface area contributed by atoms with Crippen LogP contribution in [0.5, 0.6) is 0 Å². The van der Waals surface area contributed by atoms with Crippen molar-refractivity contribution in [1.29, 1.82) is 0 Å². The molecule has 16 heavy (non-hydrogen) atoms. The largest absolute Gasteiger partial charge is 0.465 e. The minimum Gasteiger partial charge on any atom is -0.465 e. The molecule has 0 fully saturated rings. The summed E-state index contributed by atoms with van der Waals surface area (Å²) in [6.07, 6.45) is 0.470. The van der Waals surface area contributed by atoms with Crippen molar-refractivity contribution in [3.63, 3.8) is 0 Å². The molecule has 0 bridgehead atoms. The van der Waals surface area contributed by atoms with Gasteiger partial charge in [-0.25, -0.2) is 4.79 Å². The van der Waals surface area contributed by atoms with Crippen molar-refractivity contribution in [2.24, 2.45) is 0 Å². The molecule has 1 rings (SSSR count). The van der Waals surface area contributed by atoms with Crippen molar-refractivity contribution in [3.8, 4) is 0 Å². The molecule has 0 aliphatic carbocycles. The van der Waals surface area contributed by atoms with Crippen LogP contribution < -0.4 is 0 Å². The van der Waals surface area contributed by atoms with Crippen molar-refractivity contribution in [2.75, 3.05) is 7.11 Å². The molecule has 0 aliphatic rings. The van der Waals surface area contributed by atoms with Crippen LogP contribution in [0.1, 0.15) is 47.9 Å². The van der Waals surface area contributed by atoms with E-state index in [0.717, 1.165) is 0 Å². The van der Waals surface area contributed by atoms with Gasteiger partial charge in [-0.05, 0) is 12.1 Å². The van der Waals surface area contributed by atoms with Crippen LogP contribution in [0.15, 0.2) is 24.3 Å². The zero-order valence-electron chi connectivity index (χ0n) is 10.2. The molecule has 0 saturated carbocycles. The molecule has 3 heteroatoms. The summed E-state index contributed by atoms with van der Waals surface area (Å²) in [7, 11) is 1.33. The minimum absolute atomic E-state index is 0.0708. The second kappa shape index (κ2) is 7.63. The van der Waals surface area contributed by atoms with Gasteiger partial charge >= 0.3 is 5.97 Å². The van der Waals surface area contributed by atoms with Gasteiger partial charge in [0.15, 0.2) is 5.78 Å². The van der Waals surface area contributed by atoms with Gasteiger partial charge in [0.1, 0.15) is 0 Å². The summed E-state index contributed by atoms with van der Waals surface area (Å²) in [6, 6.07) is 6.46. The first-order valence-electron chi connectivity index (χ1n) is 5.40. The van der Waals surface area contributed by atoms with Crippen molar-refractivity contribution in [2.45, 2.75) is 27.2 Å². The van der Waals surface area contributed by atoms with E-state index in [0.29, 0.717) is 17.5 Å². The maximum atomic E-state index is 11.2. The van der Waals surface area contributed by atoms with E-state index < -0.39 is 0 Å². The highest BCUT2D eigenvalue weighted by Gasteiger charge is 2.06. The van der Waals surface area contributed by atoms with Crippen LogP contribution in [0.25, 0.3) is 0 Å². The second-order valence-electron chi connectivity index (χ2n) is 2.85. The lowest BCUT2D eigenvalue weighted by molar-refractivity contribution is 0.0600. The van der Waals surface area contributed by atoms with E-state index in [1.54, 1.807) is 31.2 Å². The number of carbonyl (C=O) groups is 2. The van der Waals surface area contributed by atoms with Gasteiger partial charge in [-0.1, -0.05) is 32.9 Å². The Hall–Kier alpha value is -1.64. The van der Waals surface area contributed by atoms with Gasteiger partial charge in [0.25, 0.3) is 0 Å². The molecule has 0 unspecified atom stereocenters. The molecule has 0 aromatic heterocycles. The van der Waals surface area contributed by atoms with Gasteiger partial charge in [0.05, 0.1) is 12.7 Å². The van der Waals surface area contributed by atoms with Crippen LogP contribution in [0.2, 0.25) is 0 Å². The Bertz CT molecular complexity index is 304. The molecule has 3 nitrogen and oxygen atoms in total. The molecule has 1 aromatic rings. The lowest BCUT2D eigenvalue weighted by Gasteiger charge is -2.00. The Labute approximate surface area is 96.4 Å². The number of ketones is 1. The van der Waals surface area contributed by atoms with Crippen LogP contribution in [-0.4, -0.2) is 18.9 Å². The predicted octanol–water partition coefficient (Wildman–Crippen LogP) is 3.09. The Morgan fingerprint density at radius 1 is 1.06 bits per heavy atom. The smallest absolute Gasteiger partial charge is 0.337 e. The van der Waals surface area contributed by atoms with Crippen molar-refractivity contribution >= 4 is 11.8 Å². The summed E-state index contributed by atoms with van der Waals surface area (Å²) in [5.41, 5.74) is 1.08. The van der Waals surface area contributed by atoms with Gasteiger partial charge in [-0.15, -0.1) is 0 Å². The summed E-state index contributed by atoms with van der Waals surface area (Å²) >= 11 is 0. The third-order valence-electron chi connectivity index (χ3n) is 1.95. The SMILES string of the molecule is CC.CCC(=O)c1ccc(C(=O)OC)cc1. The summed E-state index contributed by atoms with van der Waals surface area (Å²) < 4.78 is 4.54. The molecule has 0 N–H and O–H groups in total. The zero-order chi connectivity index (χ0) is 12.6. The number of benzene rings is 1. The number of hydrogen-bond donors (Lipinski definition) is 0. The maximum absolute atomic E-state index is 11.2. The van der Waals surface area contributed by atoms with Gasteiger partial charge in [0, 0.05) is 12.0 Å². The first kappa shape index (κ1) is 14.4. The standard InChI is InChI=1S/C11H12O3.C2H6/c1-3-10(12)8-4-6-9(7-5-8)11(13)14-2;1-2/h4-7H,3H2,1-2H3;1-2H3. The summed E-state index contributed by atoms with van der Waals surface area (Å²) in [6.45, 7) is 5.80. The van der Waals surface area contributed by atoms with Crippen molar-refractivity contribution in [3.05, 3.63) is 35.4 Å². The number of ether oxygens (including phenoxy) is 1. The lowest BCUT2D eigenvalue weighted by Crippen LogP contribution is -2.02. The van der Waals surface area contributed by atoms with Crippen LogP contribution >= 0.6 is 0 Å². The molecule has 0 heterocycles. The molecule has 0 aliphatic heterocycles. The lowest BCUT2D eigenvalue weighted by atomic mass is 10.1. The molecule has 0 saturated heterocycles. The summed E-state index contributed by atoms with van der Waals surface area (Å²) in [4.78, 5) is 22.3. The monoisotopic (exact) mass is 222 g/mol. The number of Topliss-reactive ketones (excluding diaryl/α,β-unsaturated/α-hetero) is 1. The van der Waals surface area contributed by atoms with Gasteiger partial charge in [-0.2, -0.15) is 0 Å². The van der Waals surface area contributed by atoms with Crippen LogP contribution in [0.3, 0.4) is 0 Å². The van der Waals surface area contributed by atoms with Crippen LogP contribution in [0.4, 0.5) is 0 Å². The Morgan fingerprint density at radius 3 is 1.88 bits per heavy atom. The third kappa shape index (κ3) is 3.85. The van der Waals surface area contributed by atoms with E-state index in [1.807, 2.05) is 13.8 Å². The average molecular weight is 222 g/mol. The molecule has 0 radical (unpaired) electrons. The topological polar surface area (TPSA) is 43.4 Å². The number of carbonyl (C=O) groups excluding carboxylic acids is 2. The van der Waals surface area contributed by atoms with E-state index in [2.05, 4.69) is 4.74 Å². The maximum Gasteiger partial charge on any atom is 0.337 e. The molecular weight excluding hydrogens is 204 g/mol. The fourth-order valence-electron chi connectivity index (χ4n) is 1.11. The van der Waals surface area contributed by atoms with E-state index in [4.69, 9.17) is 0 Å². The fraction of sp³-hybridized carbons (Fsp3) is 0.385. The number of rotatable bonds is 3. The van der Waals surface area contributed by atoms with Gasteiger partial charge in [-0.3, -0.25) is 4.79 Å². The molecule has 88 valence electrons. The highest BCUT2D eigenvalue weighted by Crippen LogP contribution is 2.07. The number of methoxy groups -OCH3 is 1. The zero-order valence-corrected chi connectivity index (χ0v) is 10.2. The molecule has 0 spiro atoms. The number of esters is 1. The second-order valence-corrected chi connectivity index (χ2v) is 2.85. The van der Waals surface area contributed by atoms with Gasteiger partial charge < -0.3 is 4.74 Å². The molecule has 0 amide bonds. The normalized spacial score (nSPS) is 8.75. The summed E-state index contributed by atoms with van der Waals surface area (Å²) in [5.74, 6) is -0.318. The van der Waals surface area contributed by atoms with E-state index >= 15 is 0 Å². The predicted molar refractivity (Wildman–Crippen MR) is 63.8 cm³/mol. The van der Waals surface area contributed by atoms with E-state index in [1.165, 1.54) is 7.11 Å². The Balaban J connectivity index is 0.00000106. The molecule has 0 atom stereocenters. The highest BCUT2D eigenvalue weighted by molar-refractivity contribution is 5.97. The van der Waals surface area contributed by atoms with Crippen molar-refractivity contribution in [1.82, 2.24) is 0 Å². The van der Waals surface area contributed by atoms with Gasteiger partial charge in [0.2, 0.25) is 0 Å². The van der Waals surface area contributed by atoms with Crippen molar-refractivity contribution < 1.29 is 14.3 Å². The van der Waals surface area contributed by atoms with Crippen LogP contribution in [-0.2, 0) is 4.74 Å². The van der Waals surface area contributed by atoms with Crippen LogP contribution in [0, 0.1) is 0 Å². The summed E-state index contributed by atoms with van der Waals surface area (Å²) in [5, 5.41) is 0. The van der Waals surface area contributed by atoms with E-state index in [-0.39, 0.29) is 11.8 Å². The fourth-order valence-corrected chi connectivity index (χ4v) is 1.11. The minimum atomic E-state index is -0.388. The first-order valence-corrected chi connectivity index (χ1v) is 5.40. The Kier molecular flexibility index (Phi) is 6.84. The molecule has 1 aromatic carbocycles. The van der Waals surface area contributed by atoms with E-state index in [9.17, 15) is 9.59 Å². The average Bonchev–Trinajstić information content (AvgIpc) is 2.39. The first-order chi connectivity index (χ1) is 7.69. The highest BCUT2D eigenvalue weighted by atomic mass is 16.5. The molecular formula is C13H18O3. The number of hydrogen-bond acceptors (Lipinski definition) is 3. The Morgan fingerprint density at radius 2 is 1.50 bits per heavy atom.